The summed E-state index contributed by atoms with van der Waals surface area (Å²) >= 11 is 0. The lowest BCUT2D eigenvalue weighted by Gasteiger charge is -2.29. The zero-order valence-electron chi connectivity index (χ0n) is 14.0. The fourth-order valence-corrected chi connectivity index (χ4v) is 3.42. The van der Waals surface area contributed by atoms with Gasteiger partial charge in [0.05, 0.1) is 18.8 Å². The number of urea groups is 1. The van der Waals surface area contributed by atoms with Crippen LogP contribution in [0.15, 0.2) is 24.3 Å². The second kappa shape index (κ2) is 8.35. The molecule has 132 valence electrons. The Morgan fingerprint density at radius 3 is 2.92 bits per heavy atom. The third kappa shape index (κ3) is 4.61. The van der Waals surface area contributed by atoms with Crippen LogP contribution in [0.5, 0.6) is 5.75 Å². The van der Waals surface area contributed by atoms with Gasteiger partial charge in [0.25, 0.3) is 0 Å². The second-order valence-electron chi connectivity index (χ2n) is 6.60. The summed E-state index contributed by atoms with van der Waals surface area (Å²) in [5.41, 5.74) is 1.01. The zero-order chi connectivity index (χ0) is 16.8. The van der Waals surface area contributed by atoms with Gasteiger partial charge in [-0.1, -0.05) is 24.6 Å². The van der Waals surface area contributed by atoms with Crippen molar-refractivity contribution in [1.29, 1.82) is 0 Å². The topological polar surface area (TPSA) is 73.8 Å². The van der Waals surface area contributed by atoms with Gasteiger partial charge in [0, 0.05) is 25.1 Å². The monoisotopic (exact) mass is 333 g/mol. The Morgan fingerprint density at radius 1 is 1.29 bits per heavy atom. The van der Waals surface area contributed by atoms with Crippen LogP contribution in [-0.4, -0.2) is 54.9 Å². The molecule has 24 heavy (non-hydrogen) atoms. The summed E-state index contributed by atoms with van der Waals surface area (Å²) in [5.74, 6) is 0.833. The Labute approximate surface area is 143 Å². The van der Waals surface area contributed by atoms with Gasteiger partial charge in [-0.25, -0.2) is 4.79 Å². The molecular weight excluding hydrogens is 306 g/mol. The van der Waals surface area contributed by atoms with Crippen molar-refractivity contribution in [2.75, 3.05) is 32.8 Å². The molecule has 6 nitrogen and oxygen atoms in total. The molecule has 2 aliphatic heterocycles. The number of rotatable bonds is 5. The largest absolute Gasteiger partial charge is 0.493 e. The average molecular weight is 333 g/mol. The first-order valence-corrected chi connectivity index (χ1v) is 8.89. The number of β-amino-alcohol motifs (C(OH)–C–C–N with tert-alkyl or cyclic N) is 1. The molecule has 0 aromatic heterocycles. The van der Waals surface area contributed by atoms with E-state index in [1.54, 1.807) is 0 Å². The van der Waals surface area contributed by atoms with E-state index in [1.807, 2.05) is 24.3 Å². The highest BCUT2D eigenvalue weighted by molar-refractivity contribution is 5.74. The molecule has 2 atom stereocenters. The first kappa shape index (κ1) is 17.0. The summed E-state index contributed by atoms with van der Waals surface area (Å²) in [6, 6.07) is 7.48. The fourth-order valence-electron chi connectivity index (χ4n) is 3.42. The number of fused-ring (bicyclic) bond motifs is 1. The van der Waals surface area contributed by atoms with Crippen LogP contribution in [0.4, 0.5) is 4.79 Å². The number of likely N-dealkylation sites (tertiary alicyclic amines) is 1. The lowest BCUT2D eigenvalue weighted by Crippen LogP contribution is -2.45. The van der Waals surface area contributed by atoms with Gasteiger partial charge < -0.3 is 25.4 Å². The van der Waals surface area contributed by atoms with Gasteiger partial charge in [0.2, 0.25) is 0 Å². The van der Waals surface area contributed by atoms with E-state index in [9.17, 15) is 9.90 Å². The summed E-state index contributed by atoms with van der Waals surface area (Å²) < 4.78 is 5.60. The van der Waals surface area contributed by atoms with E-state index in [4.69, 9.17) is 4.74 Å². The molecule has 1 aromatic rings. The smallest absolute Gasteiger partial charge is 0.315 e. The third-order valence-corrected chi connectivity index (χ3v) is 4.68. The van der Waals surface area contributed by atoms with Gasteiger partial charge in [0.15, 0.2) is 0 Å². The van der Waals surface area contributed by atoms with Gasteiger partial charge in [-0.15, -0.1) is 0 Å². The molecule has 6 heteroatoms. The highest BCUT2D eigenvalue weighted by Crippen LogP contribution is 2.31. The SMILES string of the molecule is O=C(NC[C@@H](O)CN1CCCCC1)N[C@@H]1CCOc2ccccc21. The molecule has 0 unspecified atom stereocenters. The minimum Gasteiger partial charge on any atom is -0.493 e. The summed E-state index contributed by atoms with van der Waals surface area (Å²) in [4.78, 5) is 14.4. The van der Waals surface area contributed by atoms with E-state index in [1.165, 1.54) is 19.3 Å². The lowest BCUT2D eigenvalue weighted by molar-refractivity contribution is 0.101. The van der Waals surface area contributed by atoms with Crippen molar-refractivity contribution >= 4 is 6.03 Å². The van der Waals surface area contributed by atoms with Crippen molar-refractivity contribution in [2.45, 2.75) is 37.8 Å². The molecule has 2 heterocycles. The standard InChI is InChI=1S/C18H27N3O3/c22-14(13-21-9-4-1-5-10-21)12-19-18(23)20-16-8-11-24-17-7-3-2-6-15(16)17/h2-3,6-7,14,16,22H,1,4-5,8-13H2,(H2,19,20,23)/t14-,16-/m1/s1. The van der Waals surface area contributed by atoms with Crippen molar-refractivity contribution in [2.24, 2.45) is 0 Å². The summed E-state index contributed by atoms with van der Waals surface area (Å²) in [7, 11) is 0. The lowest BCUT2D eigenvalue weighted by atomic mass is 10.0. The number of aliphatic hydroxyl groups is 1. The summed E-state index contributed by atoms with van der Waals surface area (Å²) in [6.07, 6.45) is 3.89. The number of nitrogens with zero attached hydrogens (tertiary/aromatic N) is 1. The highest BCUT2D eigenvalue weighted by Gasteiger charge is 2.23. The highest BCUT2D eigenvalue weighted by atomic mass is 16.5. The summed E-state index contributed by atoms with van der Waals surface area (Å²) in [6.45, 7) is 3.58. The molecular formula is C18H27N3O3. The van der Waals surface area contributed by atoms with E-state index in [-0.39, 0.29) is 18.6 Å². The van der Waals surface area contributed by atoms with Gasteiger partial charge in [-0.2, -0.15) is 0 Å². The van der Waals surface area contributed by atoms with Gasteiger partial charge in [0.1, 0.15) is 5.75 Å². The van der Waals surface area contributed by atoms with E-state index in [0.717, 1.165) is 30.8 Å². The molecule has 1 aromatic carbocycles. The van der Waals surface area contributed by atoms with Crippen molar-refractivity contribution in [3.05, 3.63) is 29.8 Å². The van der Waals surface area contributed by atoms with Crippen LogP contribution in [-0.2, 0) is 0 Å². The molecule has 0 radical (unpaired) electrons. The number of nitrogens with one attached hydrogen (secondary N) is 2. The fraction of sp³-hybridized carbons (Fsp3) is 0.611. The number of benzene rings is 1. The molecule has 0 aliphatic carbocycles. The molecule has 3 rings (SSSR count). The predicted molar refractivity (Wildman–Crippen MR) is 92.1 cm³/mol. The van der Waals surface area contributed by atoms with Crippen LogP contribution in [0.3, 0.4) is 0 Å². The third-order valence-electron chi connectivity index (χ3n) is 4.68. The number of piperidine rings is 1. The maximum absolute atomic E-state index is 12.1. The van der Waals surface area contributed by atoms with E-state index in [0.29, 0.717) is 13.2 Å². The Kier molecular flexibility index (Phi) is 5.93. The molecule has 2 aliphatic rings. The van der Waals surface area contributed by atoms with Crippen LogP contribution in [0.1, 0.15) is 37.3 Å². The minimum absolute atomic E-state index is 0.0470. The number of hydrogen-bond acceptors (Lipinski definition) is 4. The maximum Gasteiger partial charge on any atom is 0.315 e. The zero-order valence-corrected chi connectivity index (χ0v) is 14.0. The molecule has 1 fully saturated rings. The number of amides is 2. The number of hydrogen-bond donors (Lipinski definition) is 3. The predicted octanol–water partition coefficient (Wildman–Crippen LogP) is 1.66. The van der Waals surface area contributed by atoms with Crippen molar-refractivity contribution < 1.29 is 14.6 Å². The van der Waals surface area contributed by atoms with Crippen molar-refractivity contribution in [1.82, 2.24) is 15.5 Å². The number of carbonyl (C=O) groups excluding carboxylic acids is 1. The Hall–Kier alpha value is -1.79. The Morgan fingerprint density at radius 2 is 2.08 bits per heavy atom. The Bertz CT molecular complexity index is 546. The molecule has 0 bridgehead atoms. The first-order valence-electron chi connectivity index (χ1n) is 8.89. The molecule has 0 saturated carbocycles. The van der Waals surface area contributed by atoms with Crippen LogP contribution in [0, 0.1) is 0 Å². The Balaban J connectivity index is 1.43. The van der Waals surface area contributed by atoms with Crippen LogP contribution in [0.25, 0.3) is 0 Å². The number of carbonyl (C=O) groups is 1. The van der Waals surface area contributed by atoms with Gasteiger partial charge in [-0.05, 0) is 32.0 Å². The molecule has 0 spiro atoms. The second-order valence-corrected chi connectivity index (χ2v) is 6.60. The first-order chi connectivity index (χ1) is 11.7. The maximum atomic E-state index is 12.1. The van der Waals surface area contributed by atoms with E-state index < -0.39 is 6.10 Å². The quantitative estimate of drug-likeness (QED) is 0.766. The number of aliphatic hydroxyl groups excluding tert-OH is 1. The van der Waals surface area contributed by atoms with Crippen LogP contribution < -0.4 is 15.4 Å². The van der Waals surface area contributed by atoms with Crippen LogP contribution in [0.2, 0.25) is 0 Å². The number of para-hydroxylation sites is 1. The van der Waals surface area contributed by atoms with Crippen LogP contribution >= 0.6 is 0 Å². The van der Waals surface area contributed by atoms with Gasteiger partial charge >= 0.3 is 6.03 Å². The van der Waals surface area contributed by atoms with E-state index >= 15 is 0 Å². The average Bonchev–Trinajstić information content (AvgIpc) is 2.61. The molecule has 3 N–H and O–H groups in total. The molecule has 1 saturated heterocycles. The van der Waals surface area contributed by atoms with Crippen molar-refractivity contribution in [3.8, 4) is 5.75 Å². The number of ether oxygens (including phenoxy) is 1. The van der Waals surface area contributed by atoms with E-state index in [2.05, 4.69) is 15.5 Å². The summed E-state index contributed by atoms with van der Waals surface area (Å²) in [5, 5.41) is 15.9. The van der Waals surface area contributed by atoms with Gasteiger partial charge in [-0.3, -0.25) is 0 Å². The van der Waals surface area contributed by atoms with Crippen molar-refractivity contribution in [3.63, 3.8) is 0 Å². The minimum atomic E-state index is -0.532. The molecule has 2 amide bonds. The normalized spacial score (nSPS) is 22.1.